The van der Waals surface area contributed by atoms with Crippen LogP contribution in [0.3, 0.4) is 0 Å². The molecule has 0 aliphatic carbocycles. The van der Waals surface area contributed by atoms with Crippen molar-refractivity contribution in [2.45, 2.75) is 40.2 Å². The fourth-order valence-electron chi connectivity index (χ4n) is 3.53. The molecule has 33 heavy (non-hydrogen) atoms. The van der Waals surface area contributed by atoms with Gasteiger partial charge in [-0.15, -0.1) is 0 Å². The Morgan fingerprint density at radius 3 is 2.27 bits per heavy atom. The van der Waals surface area contributed by atoms with Crippen molar-refractivity contribution >= 4 is 33.0 Å². The summed E-state index contributed by atoms with van der Waals surface area (Å²) in [6.07, 6.45) is 1.46. The van der Waals surface area contributed by atoms with Crippen LogP contribution in [0.5, 0.6) is 0 Å². The Labute approximate surface area is 195 Å². The fraction of sp³-hybridized carbons (Fsp3) is 0.435. The summed E-state index contributed by atoms with van der Waals surface area (Å²) in [6, 6.07) is 12.1. The average molecular weight is 477 g/mol. The molecule has 0 unspecified atom stereocenters. The standard InChI is InChI=1S/C23H32N4O5S/c1-5-25(6-2)20-13-10-19(11-14-20)17-24-23(28)8-7-15-26(33(4,31)32)22-16-21(27(29)30)12-9-18(22)3/h9-14,16H,5-8,15,17H2,1-4H3,(H,24,28). The first-order valence-electron chi connectivity index (χ1n) is 10.9. The van der Waals surface area contributed by atoms with Crippen LogP contribution in [0.4, 0.5) is 17.1 Å². The third-order valence-corrected chi connectivity index (χ3v) is 6.57. The molecule has 0 atom stereocenters. The lowest BCUT2D eigenvalue weighted by atomic mass is 10.1. The molecule has 0 aromatic heterocycles. The zero-order chi connectivity index (χ0) is 24.6. The summed E-state index contributed by atoms with van der Waals surface area (Å²) >= 11 is 0. The lowest BCUT2D eigenvalue weighted by molar-refractivity contribution is -0.384. The van der Waals surface area contributed by atoms with Gasteiger partial charge in [-0.05, 0) is 50.5 Å². The smallest absolute Gasteiger partial charge is 0.271 e. The number of nitro benzene ring substituents is 1. The molecule has 2 aromatic carbocycles. The van der Waals surface area contributed by atoms with Crippen LogP contribution in [0.1, 0.15) is 37.8 Å². The van der Waals surface area contributed by atoms with Crippen LogP contribution < -0.4 is 14.5 Å². The van der Waals surface area contributed by atoms with E-state index in [2.05, 4.69) is 24.1 Å². The number of benzene rings is 2. The van der Waals surface area contributed by atoms with E-state index >= 15 is 0 Å². The van der Waals surface area contributed by atoms with Gasteiger partial charge in [-0.2, -0.15) is 0 Å². The van der Waals surface area contributed by atoms with E-state index in [4.69, 9.17) is 0 Å². The van der Waals surface area contributed by atoms with Crippen LogP contribution in [-0.4, -0.2) is 45.1 Å². The second-order valence-electron chi connectivity index (χ2n) is 7.78. The molecule has 0 saturated carbocycles. The van der Waals surface area contributed by atoms with Gasteiger partial charge in [0.25, 0.3) is 5.69 Å². The summed E-state index contributed by atoms with van der Waals surface area (Å²) in [7, 11) is -3.68. The number of anilines is 2. The van der Waals surface area contributed by atoms with Crippen LogP contribution in [-0.2, 0) is 21.4 Å². The predicted octanol–water partition coefficient (Wildman–Crippen LogP) is 3.61. The summed E-state index contributed by atoms with van der Waals surface area (Å²) in [5, 5.41) is 13.9. The fourth-order valence-corrected chi connectivity index (χ4v) is 4.55. The highest BCUT2D eigenvalue weighted by Crippen LogP contribution is 2.27. The number of carbonyl (C=O) groups excluding carboxylic acids is 1. The van der Waals surface area contributed by atoms with Crippen molar-refractivity contribution < 1.29 is 18.1 Å². The van der Waals surface area contributed by atoms with E-state index in [0.29, 0.717) is 12.1 Å². The summed E-state index contributed by atoms with van der Waals surface area (Å²) in [6.45, 7) is 8.17. The largest absolute Gasteiger partial charge is 0.372 e. The molecule has 0 heterocycles. The van der Waals surface area contributed by atoms with Crippen molar-refractivity contribution in [3.8, 4) is 0 Å². The maximum atomic E-state index is 12.3. The number of aryl methyl sites for hydroxylation is 1. The van der Waals surface area contributed by atoms with Crippen LogP contribution in [0, 0.1) is 17.0 Å². The van der Waals surface area contributed by atoms with E-state index in [1.165, 1.54) is 18.2 Å². The maximum Gasteiger partial charge on any atom is 0.271 e. The second-order valence-corrected chi connectivity index (χ2v) is 9.69. The van der Waals surface area contributed by atoms with Gasteiger partial charge in [0.05, 0.1) is 16.9 Å². The van der Waals surface area contributed by atoms with Gasteiger partial charge in [0, 0.05) is 50.4 Å². The van der Waals surface area contributed by atoms with Gasteiger partial charge in [0.2, 0.25) is 15.9 Å². The lowest BCUT2D eigenvalue weighted by Crippen LogP contribution is -2.32. The highest BCUT2D eigenvalue weighted by molar-refractivity contribution is 7.92. The maximum absolute atomic E-state index is 12.3. The predicted molar refractivity (Wildman–Crippen MR) is 131 cm³/mol. The third-order valence-electron chi connectivity index (χ3n) is 5.39. The van der Waals surface area contributed by atoms with E-state index < -0.39 is 14.9 Å². The molecular formula is C23H32N4O5S. The van der Waals surface area contributed by atoms with Crippen molar-refractivity contribution in [1.82, 2.24) is 5.32 Å². The molecule has 0 fully saturated rings. The molecule has 0 aliphatic rings. The van der Waals surface area contributed by atoms with Gasteiger partial charge < -0.3 is 10.2 Å². The Kier molecular flexibility index (Phi) is 9.22. The second kappa shape index (κ2) is 11.6. The lowest BCUT2D eigenvalue weighted by Gasteiger charge is -2.24. The van der Waals surface area contributed by atoms with Crippen molar-refractivity contribution in [2.75, 3.05) is 35.1 Å². The van der Waals surface area contributed by atoms with Gasteiger partial charge >= 0.3 is 0 Å². The highest BCUT2D eigenvalue weighted by Gasteiger charge is 2.22. The first-order valence-corrected chi connectivity index (χ1v) is 12.7. The molecule has 180 valence electrons. The quantitative estimate of drug-likeness (QED) is 0.370. The number of nitrogens with zero attached hydrogens (tertiary/aromatic N) is 3. The zero-order valence-electron chi connectivity index (χ0n) is 19.6. The number of amides is 1. The van der Waals surface area contributed by atoms with Gasteiger partial charge in [-0.3, -0.25) is 19.2 Å². The summed E-state index contributed by atoms with van der Waals surface area (Å²) in [5.41, 5.74) is 2.77. The molecule has 2 aromatic rings. The number of hydrogen-bond donors (Lipinski definition) is 1. The molecule has 0 spiro atoms. The number of rotatable bonds is 12. The van der Waals surface area contributed by atoms with Gasteiger partial charge in [-0.1, -0.05) is 18.2 Å². The first kappa shape index (κ1) is 26.1. The van der Waals surface area contributed by atoms with Crippen LogP contribution in [0.25, 0.3) is 0 Å². The number of hydrogen-bond acceptors (Lipinski definition) is 6. The molecule has 0 saturated heterocycles. The third kappa shape index (κ3) is 7.45. The van der Waals surface area contributed by atoms with E-state index in [-0.39, 0.29) is 36.7 Å². The number of nitrogens with one attached hydrogen (secondary N) is 1. The molecule has 9 nitrogen and oxygen atoms in total. The molecular weight excluding hydrogens is 444 g/mol. The van der Waals surface area contributed by atoms with Crippen LogP contribution in [0.2, 0.25) is 0 Å². The summed E-state index contributed by atoms with van der Waals surface area (Å²) in [4.78, 5) is 25.1. The molecule has 0 aliphatic heterocycles. The zero-order valence-corrected chi connectivity index (χ0v) is 20.4. The van der Waals surface area contributed by atoms with E-state index in [1.54, 1.807) is 6.92 Å². The molecule has 1 amide bonds. The Morgan fingerprint density at radius 2 is 1.73 bits per heavy atom. The van der Waals surface area contributed by atoms with Gasteiger partial charge in [0.15, 0.2) is 0 Å². The van der Waals surface area contributed by atoms with E-state index in [1.807, 2.05) is 24.3 Å². The monoisotopic (exact) mass is 476 g/mol. The van der Waals surface area contributed by atoms with E-state index in [0.717, 1.165) is 34.9 Å². The number of non-ortho nitro benzene ring substituents is 1. The normalized spacial score (nSPS) is 11.2. The Bertz CT molecular complexity index is 1070. The average Bonchev–Trinajstić information content (AvgIpc) is 2.76. The molecule has 10 heteroatoms. The minimum absolute atomic E-state index is 0.0484. The number of nitro groups is 1. The van der Waals surface area contributed by atoms with Crippen molar-refractivity contribution in [1.29, 1.82) is 0 Å². The summed E-state index contributed by atoms with van der Waals surface area (Å²) < 4.78 is 25.8. The topological polar surface area (TPSA) is 113 Å². The minimum Gasteiger partial charge on any atom is -0.372 e. The first-order chi connectivity index (χ1) is 15.6. The van der Waals surface area contributed by atoms with Crippen molar-refractivity contribution in [2.24, 2.45) is 0 Å². The number of sulfonamides is 1. The summed E-state index contributed by atoms with van der Waals surface area (Å²) in [5.74, 6) is -0.188. The highest BCUT2D eigenvalue weighted by atomic mass is 32.2. The van der Waals surface area contributed by atoms with Gasteiger partial charge in [0.1, 0.15) is 0 Å². The molecule has 1 N–H and O–H groups in total. The number of carbonyl (C=O) groups is 1. The van der Waals surface area contributed by atoms with Crippen molar-refractivity contribution in [3.05, 3.63) is 63.7 Å². The molecule has 0 bridgehead atoms. The Balaban J connectivity index is 1.95. The van der Waals surface area contributed by atoms with Crippen LogP contribution >= 0.6 is 0 Å². The van der Waals surface area contributed by atoms with E-state index in [9.17, 15) is 23.3 Å². The van der Waals surface area contributed by atoms with Gasteiger partial charge in [-0.25, -0.2) is 8.42 Å². The Morgan fingerprint density at radius 1 is 1.09 bits per heavy atom. The SMILES string of the molecule is CCN(CC)c1ccc(CNC(=O)CCCN(c2cc([N+](=O)[O-])ccc2C)S(C)(=O)=O)cc1. The van der Waals surface area contributed by atoms with Crippen LogP contribution in [0.15, 0.2) is 42.5 Å². The Hall–Kier alpha value is -3.14. The minimum atomic E-state index is -3.68. The molecule has 2 rings (SSSR count). The van der Waals surface area contributed by atoms with Crippen molar-refractivity contribution in [3.63, 3.8) is 0 Å². The molecule has 0 radical (unpaired) electrons.